The van der Waals surface area contributed by atoms with Crippen molar-refractivity contribution in [1.82, 2.24) is 0 Å². The van der Waals surface area contributed by atoms with Crippen LogP contribution in [0.3, 0.4) is 0 Å². The van der Waals surface area contributed by atoms with Crippen molar-refractivity contribution < 1.29 is 19.1 Å². The molecule has 1 heterocycles. The summed E-state index contributed by atoms with van der Waals surface area (Å²) >= 11 is 0. The van der Waals surface area contributed by atoms with E-state index in [1.54, 1.807) is 14.0 Å². The molecule has 4 heteroatoms. The van der Waals surface area contributed by atoms with Crippen molar-refractivity contribution in [2.45, 2.75) is 32.8 Å². The normalized spacial score (nSPS) is 30.4. The predicted molar refractivity (Wildman–Crippen MR) is 44.9 cm³/mol. The first-order chi connectivity index (χ1) is 5.98. The largest absolute Gasteiger partial charge is 0.393 e. The molecule has 0 N–H and O–H groups in total. The smallest absolute Gasteiger partial charge is 0.320 e. The molecular formula is C9H14O4. The molecule has 2 unspecified atom stereocenters. The zero-order chi connectivity index (χ0) is 10.1. The summed E-state index contributed by atoms with van der Waals surface area (Å²) in [6.45, 7) is 3.59. The number of ether oxygens (including phenoxy) is 2. The van der Waals surface area contributed by atoms with Crippen LogP contribution in [0.5, 0.6) is 0 Å². The van der Waals surface area contributed by atoms with E-state index in [0.717, 1.165) is 0 Å². The highest BCUT2D eigenvalue weighted by Crippen LogP contribution is 2.35. The summed E-state index contributed by atoms with van der Waals surface area (Å²) in [7, 11) is 1.58. The molecule has 0 aliphatic carbocycles. The monoisotopic (exact) mass is 186 g/mol. The van der Waals surface area contributed by atoms with Crippen LogP contribution >= 0.6 is 0 Å². The molecule has 4 nitrogen and oxygen atoms in total. The van der Waals surface area contributed by atoms with Crippen molar-refractivity contribution in [3.63, 3.8) is 0 Å². The second kappa shape index (κ2) is 3.46. The van der Waals surface area contributed by atoms with E-state index in [4.69, 9.17) is 4.74 Å². The fourth-order valence-electron chi connectivity index (χ4n) is 1.53. The number of cyclic esters (lactones) is 2. The summed E-state index contributed by atoms with van der Waals surface area (Å²) in [5.74, 6) is -0.864. The zero-order valence-corrected chi connectivity index (χ0v) is 8.12. The van der Waals surface area contributed by atoms with E-state index in [0.29, 0.717) is 6.42 Å². The van der Waals surface area contributed by atoms with Gasteiger partial charge in [-0.3, -0.25) is 9.59 Å². The van der Waals surface area contributed by atoms with Crippen molar-refractivity contribution in [3.05, 3.63) is 0 Å². The second-order valence-electron chi connectivity index (χ2n) is 3.75. The fraction of sp³-hybridized carbons (Fsp3) is 0.778. The maximum absolute atomic E-state index is 11.3. The van der Waals surface area contributed by atoms with E-state index < -0.39 is 17.4 Å². The van der Waals surface area contributed by atoms with Crippen LogP contribution in [-0.4, -0.2) is 25.2 Å². The van der Waals surface area contributed by atoms with Gasteiger partial charge in [-0.1, -0.05) is 0 Å². The van der Waals surface area contributed by atoms with E-state index in [1.165, 1.54) is 0 Å². The molecule has 0 saturated carbocycles. The van der Waals surface area contributed by atoms with Crippen LogP contribution in [0.4, 0.5) is 0 Å². The number of rotatable bonds is 3. The summed E-state index contributed by atoms with van der Waals surface area (Å²) in [5.41, 5.74) is -0.688. The highest BCUT2D eigenvalue weighted by molar-refractivity contribution is 5.97. The molecule has 0 radical (unpaired) electrons. The molecule has 0 aromatic carbocycles. The van der Waals surface area contributed by atoms with Crippen LogP contribution in [0.2, 0.25) is 0 Å². The SMILES string of the molecule is COC(C)CC1(C)CC(=O)OC1=O. The number of carbonyl (C=O) groups is 2. The van der Waals surface area contributed by atoms with Crippen LogP contribution < -0.4 is 0 Å². The standard InChI is InChI=1S/C9H14O4/c1-6(12-3)4-9(2)5-7(10)13-8(9)11/h6H,4-5H2,1-3H3. The van der Waals surface area contributed by atoms with E-state index in [2.05, 4.69) is 4.74 Å². The van der Waals surface area contributed by atoms with Gasteiger partial charge in [-0.25, -0.2) is 0 Å². The number of methoxy groups -OCH3 is 1. The van der Waals surface area contributed by atoms with Crippen molar-refractivity contribution in [2.24, 2.45) is 5.41 Å². The minimum Gasteiger partial charge on any atom is -0.393 e. The Bertz CT molecular complexity index is 236. The second-order valence-corrected chi connectivity index (χ2v) is 3.75. The molecule has 1 saturated heterocycles. The van der Waals surface area contributed by atoms with Gasteiger partial charge < -0.3 is 9.47 Å². The molecule has 0 spiro atoms. The Kier molecular flexibility index (Phi) is 2.71. The van der Waals surface area contributed by atoms with Crippen molar-refractivity contribution >= 4 is 11.9 Å². The Hall–Kier alpha value is -0.900. The molecule has 1 fully saturated rings. The van der Waals surface area contributed by atoms with Gasteiger partial charge in [-0.15, -0.1) is 0 Å². The minimum atomic E-state index is -0.688. The van der Waals surface area contributed by atoms with Crippen molar-refractivity contribution in [3.8, 4) is 0 Å². The molecule has 0 aromatic heterocycles. The van der Waals surface area contributed by atoms with Gasteiger partial charge >= 0.3 is 11.9 Å². The van der Waals surface area contributed by atoms with Crippen LogP contribution in [0, 0.1) is 5.41 Å². The van der Waals surface area contributed by atoms with E-state index in [1.807, 2.05) is 6.92 Å². The summed E-state index contributed by atoms with van der Waals surface area (Å²) in [5, 5.41) is 0. The van der Waals surface area contributed by atoms with Gasteiger partial charge in [0.05, 0.1) is 17.9 Å². The van der Waals surface area contributed by atoms with E-state index >= 15 is 0 Å². The third-order valence-electron chi connectivity index (χ3n) is 2.37. The van der Waals surface area contributed by atoms with Gasteiger partial charge in [0.2, 0.25) is 0 Å². The summed E-state index contributed by atoms with van der Waals surface area (Å²) in [6, 6.07) is 0. The summed E-state index contributed by atoms with van der Waals surface area (Å²) in [4.78, 5) is 22.1. The van der Waals surface area contributed by atoms with Crippen LogP contribution in [0.1, 0.15) is 26.7 Å². The lowest BCUT2D eigenvalue weighted by atomic mass is 9.83. The topological polar surface area (TPSA) is 52.6 Å². The number of carbonyl (C=O) groups excluding carboxylic acids is 2. The van der Waals surface area contributed by atoms with Crippen LogP contribution in [0.25, 0.3) is 0 Å². The van der Waals surface area contributed by atoms with Gasteiger partial charge in [0, 0.05) is 7.11 Å². The quantitative estimate of drug-likeness (QED) is 0.485. The predicted octanol–water partition coefficient (Wildman–Crippen LogP) is 0.891. The molecule has 1 aliphatic rings. The molecule has 0 aromatic rings. The molecular weight excluding hydrogens is 172 g/mol. The van der Waals surface area contributed by atoms with Crippen LogP contribution in [-0.2, 0) is 19.1 Å². The Labute approximate surface area is 77.2 Å². The lowest BCUT2D eigenvalue weighted by molar-refractivity contribution is -0.155. The lowest BCUT2D eigenvalue weighted by Gasteiger charge is -2.21. The molecule has 0 bridgehead atoms. The van der Waals surface area contributed by atoms with Gasteiger partial charge in [0.15, 0.2) is 0 Å². The zero-order valence-electron chi connectivity index (χ0n) is 8.12. The third-order valence-corrected chi connectivity index (χ3v) is 2.37. The van der Waals surface area contributed by atoms with Gasteiger partial charge in [0.1, 0.15) is 0 Å². The Morgan fingerprint density at radius 1 is 1.62 bits per heavy atom. The molecule has 74 valence electrons. The highest BCUT2D eigenvalue weighted by Gasteiger charge is 2.45. The van der Waals surface area contributed by atoms with Crippen molar-refractivity contribution in [2.75, 3.05) is 7.11 Å². The van der Waals surface area contributed by atoms with E-state index in [9.17, 15) is 9.59 Å². The Morgan fingerprint density at radius 3 is 2.62 bits per heavy atom. The Balaban J connectivity index is 2.65. The first-order valence-electron chi connectivity index (χ1n) is 4.26. The van der Waals surface area contributed by atoms with Gasteiger partial charge in [0.25, 0.3) is 0 Å². The highest BCUT2D eigenvalue weighted by atomic mass is 16.6. The van der Waals surface area contributed by atoms with E-state index in [-0.39, 0.29) is 12.5 Å². The van der Waals surface area contributed by atoms with Gasteiger partial charge in [-0.2, -0.15) is 0 Å². The third kappa shape index (κ3) is 2.06. The molecule has 1 rings (SSSR count). The lowest BCUT2D eigenvalue weighted by Crippen LogP contribution is -2.27. The molecule has 0 amide bonds. The number of hydrogen-bond acceptors (Lipinski definition) is 4. The minimum absolute atomic E-state index is 0.0385. The summed E-state index contributed by atoms with van der Waals surface area (Å²) in [6.07, 6.45) is 0.650. The fourth-order valence-corrected chi connectivity index (χ4v) is 1.53. The maximum Gasteiger partial charge on any atom is 0.320 e. The first-order valence-corrected chi connectivity index (χ1v) is 4.26. The average Bonchev–Trinajstić information content (AvgIpc) is 2.25. The maximum atomic E-state index is 11.3. The molecule has 13 heavy (non-hydrogen) atoms. The molecule has 1 aliphatic heterocycles. The Morgan fingerprint density at radius 2 is 2.23 bits per heavy atom. The first kappa shape index (κ1) is 10.2. The molecule has 2 atom stereocenters. The number of esters is 2. The van der Waals surface area contributed by atoms with Gasteiger partial charge in [-0.05, 0) is 20.3 Å². The number of hydrogen-bond donors (Lipinski definition) is 0. The van der Waals surface area contributed by atoms with Crippen LogP contribution in [0.15, 0.2) is 0 Å². The summed E-state index contributed by atoms with van der Waals surface area (Å²) < 4.78 is 9.53. The average molecular weight is 186 g/mol. The van der Waals surface area contributed by atoms with Crippen molar-refractivity contribution in [1.29, 1.82) is 0 Å².